The number of rotatable bonds is 1. The van der Waals surface area contributed by atoms with Gasteiger partial charge in [0.1, 0.15) is 23.5 Å². The summed E-state index contributed by atoms with van der Waals surface area (Å²) in [5.41, 5.74) is 11.5. The van der Waals surface area contributed by atoms with E-state index in [1.807, 2.05) is 37.8 Å². The number of aromatic nitrogens is 1. The van der Waals surface area contributed by atoms with Crippen molar-refractivity contribution in [2.45, 2.75) is 57.5 Å². The van der Waals surface area contributed by atoms with Crippen molar-refractivity contribution in [3.05, 3.63) is 47.3 Å². The number of ether oxygens (including phenoxy) is 2. The molecule has 0 aliphatic carbocycles. The minimum Gasteiger partial charge on any atom is -0.444 e. The van der Waals surface area contributed by atoms with Crippen molar-refractivity contribution >= 4 is 11.8 Å². The topological polar surface area (TPSA) is 105 Å². The number of nitrogens with zero attached hydrogens (tertiary/aromatic N) is 4. The van der Waals surface area contributed by atoms with Gasteiger partial charge >= 0.3 is 6.09 Å². The first-order chi connectivity index (χ1) is 15.8. The largest absolute Gasteiger partial charge is 0.444 e. The smallest absolute Gasteiger partial charge is 0.410 e. The number of anilines is 1. The van der Waals surface area contributed by atoms with Crippen LogP contribution < -0.4 is 10.6 Å². The van der Waals surface area contributed by atoms with Crippen molar-refractivity contribution in [1.82, 2.24) is 9.88 Å². The summed E-state index contributed by atoms with van der Waals surface area (Å²) < 4.78 is 11.6. The molecule has 5 rings (SSSR count). The lowest BCUT2D eigenvalue weighted by Crippen LogP contribution is -2.54. The fraction of sp³-hybridized carbons (Fsp3) is 0.480. The minimum absolute atomic E-state index is 0.103. The van der Waals surface area contributed by atoms with E-state index in [-0.39, 0.29) is 24.2 Å². The molecule has 1 amide bonds. The van der Waals surface area contributed by atoms with E-state index in [4.69, 9.17) is 15.2 Å². The van der Waals surface area contributed by atoms with E-state index in [1.54, 1.807) is 6.20 Å². The number of carbonyl (C=O) groups excluding carboxylic acids is 1. The number of nitrogens with two attached hydrogens (primary N) is 1. The molecule has 1 aromatic heterocycles. The van der Waals surface area contributed by atoms with Gasteiger partial charge in [-0.05, 0) is 62.6 Å². The summed E-state index contributed by atoms with van der Waals surface area (Å²) in [6.45, 7) is 7.74. The van der Waals surface area contributed by atoms with Crippen molar-refractivity contribution < 1.29 is 14.3 Å². The number of benzene rings is 1. The maximum absolute atomic E-state index is 12.8. The lowest BCUT2D eigenvalue weighted by Gasteiger charge is -2.40. The van der Waals surface area contributed by atoms with Crippen LogP contribution in [0.5, 0.6) is 0 Å². The molecule has 0 spiro atoms. The lowest BCUT2D eigenvalue weighted by molar-refractivity contribution is 0.0185. The van der Waals surface area contributed by atoms with E-state index in [1.165, 1.54) is 0 Å². The number of carbonyl (C=O) groups is 1. The van der Waals surface area contributed by atoms with Gasteiger partial charge in [-0.15, -0.1) is 0 Å². The van der Waals surface area contributed by atoms with Gasteiger partial charge in [-0.1, -0.05) is 0 Å². The third kappa shape index (κ3) is 3.81. The highest BCUT2D eigenvalue weighted by atomic mass is 16.6. The van der Waals surface area contributed by atoms with E-state index in [2.05, 4.69) is 28.1 Å². The van der Waals surface area contributed by atoms with E-state index < -0.39 is 5.60 Å². The van der Waals surface area contributed by atoms with Gasteiger partial charge in [0.2, 0.25) is 0 Å². The summed E-state index contributed by atoms with van der Waals surface area (Å²) in [5.74, 6) is 0.103. The summed E-state index contributed by atoms with van der Waals surface area (Å²) in [5, 5.41) is 9.59. The summed E-state index contributed by atoms with van der Waals surface area (Å²) in [6, 6.07) is 10.4. The number of hydrogen-bond acceptors (Lipinski definition) is 7. The SMILES string of the molecule is CC(C)(C)OC(=O)N1CC[C@H]2[C@@H](C1)c1cc(-c3cccnc3C#N)cc3c1N2C(N)COC3. The van der Waals surface area contributed by atoms with Crippen molar-refractivity contribution in [2.24, 2.45) is 5.73 Å². The van der Waals surface area contributed by atoms with Crippen LogP contribution >= 0.6 is 0 Å². The Kier molecular flexibility index (Phi) is 5.26. The Morgan fingerprint density at radius 3 is 2.94 bits per heavy atom. The van der Waals surface area contributed by atoms with Crippen molar-refractivity contribution in [1.29, 1.82) is 5.26 Å². The maximum Gasteiger partial charge on any atom is 0.410 e. The van der Waals surface area contributed by atoms with Crippen LogP contribution in [-0.2, 0) is 16.1 Å². The van der Waals surface area contributed by atoms with Crippen LogP contribution in [0.2, 0.25) is 0 Å². The monoisotopic (exact) mass is 447 g/mol. The summed E-state index contributed by atoms with van der Waals surface area (Å²) in [4.78, 5) is 21.2. The molecule has 0 radical (unpaired) electrons. The first-order valence-corrected chi connectivity index (χ1v) is 11.4. The standard InChI is InChI=1S/C25H29N5O3/c1-25(2,3)33-24(31)29-8-6-21-19(12-29)18-10-15(17-5-4-7-28-20(17)11-26)9-16-13-32-14-22(27)30(21)23(16)18/h4-5,7,9-10,19,21-22H,6,8,12-14,27H2,1-3H3/t19-,21-,22?/m0/s1. The first kappa shape index (κ1) is 21.7. The number of nitriles is 1. The molecule has 0 bridgehead atoms. The quantitative estimate of drug-likeness (QED) is 0.715. The number of hydrogen-bond donors (Lipinski definition) is 1. The number of fused-ring (bicyclic) bond motifs is 3. The average molecular weight is 448 g/mol. The van der Waals surface area contributed by atoms with Gasteiger partial charge in [-0.3, -0.25) is 0 Å². The molecule has 1 fully saturated rings. The fourth-order valence-electron chi connectivity index (χ4n) is 5.33. The molecule has 2 N–H and O–H groups in total. The summed E-state index contributed by atoms with van der Waals surface area (Å²) >= 11 is 0. The average Bonchev–Trinajstić information content (AvgIpc) is 3.01. The Hall–Kier alpha value is -3.15. The van der Waals surface area contributed by atoms with E-state index in [9.17, 15) is 10.1 Å². The molecule has 3 aliphatic rings. The third-order valence-corrected chi connectivity index (χ3v) is 6.59. The Labute approximate surface area is 193 Å². The zero-order chi connectivity index (χ0) is 23.3. The molecule has 172 valence electrons. The molecule has 1 aromatic carbocycles. The van der Waals surface area contributed by atoms with Gasteiger partial charge in [-0.2, -0.15) is 5.26 Å². The van der Waals surface area contributed by atoms with Gasteiger partial charge < -0.3 is 25.0 Å². The molecule has 1 unspecified atom stereocenters. The molecule has 0 saturated carbocycles. The van der Waals surface area contributed by atoms with E-state index in [0.29, 0.717) is 32.0 Å². The normalized spacial score (nSPS) is 23.9. The molecule has 1 saturated heterocycles. The Morgan fingerprint density at radius 2 is 2.18 bits per heavy atom. The second kappa shape index (κ2) is 8.01. The molecule has 8 nitrogen and oxygen atoms in total. The molecule has 8 heteroatoms. The Morgan fingerprint density at radius 1 is 1.36 bits per heavy atom. The number of amides is 1. The zero-order valence-corrected chi connectivity index (χ0v) is 19.2. The predicted octanol–water partition coefficient (Wildman–Crippen LogP) is 3.35. The van der Waals surface area contributed by atoms with Gasteiger partial charge in [0.25, 0.3) is 0 Å². The predicted molar refractivity (Wildman–Crippen MR) is 123 cm³/mol. The fourth-order valence-corrected chi connectivity index (χ4v) is 5.33. The van der Waals surface area contributed by atoms with Crippen LogP contribution in [0.1, 0.15) is 49.9 Å². The number of pyridine rings is 1. The second-order valence-electron chi connectivity index (χ2n) is 9.96. The number of piperidine rings is 1. The van der Waals surface area contributed by atoms with Gasteiger partial charge in [0.05, 0.1) is 13.2 Å². The highest BCUT2D eigenvalue weighted by Gasteiger charge is 2.47. The molecule has 4 heterocycles. The highest BCUT2D eigenvalue weighted by Crippen LogP contribution is 2.49. The lowest BCUT2D eigenvalue weighted by atomic mass is 9.87. The van der Waals surface area contributed by atoms with Crippen LogP contribution in [0, 0.1) is 11.3 Å². The van der Waals surface area contributed by atoms with Crippen LogP contribution in [0.15, 0.2) is 30.5 Å². The molecular formula is C25H29N5O3. The van der Waals surface area contributed by atoms with Crippen LogP contribution in [0.25, 0.3) is 11.1 Å². The molecule has 33 heavy (non-hydrogen) atoms. The van der Waals surface area contributed by atoms with Gasteiger partial charge in [0, 0.05) is 48.1 Å². The summed E-state index contributed by atoms with van der Waals surface area (Å²) in [6.07, 6.45) is 1.91. The third-order valence-electron chi connectivity index (χ3n) is 6.59. The Bertz CT molecular complexity index is 1140. The summed E-state index contributed by atoms with van der Waals surface area (Å²) in [7, 11) is 0. The maximum atomic E-state index is 12.8. The van der Waals surface area contributed by atoms with Crippen LogP contribution in [-0.4, -0.2) is 53.5 Å². The van der Waals surface area contributed by atoms with E-state index in [0.717, 1.165) is 34.4 Å². The van der Waals surface area contributed by atoms with Crippen molar-refractivity contribution in [3.63, 3.8) is 0 Å². The van der Waals surface area contributed by atoms with Crippen molar-refractivity contribution in [2.75, 3.05) is 24.6 Å². The first-order valence-electron chi connectivity index (χ1n) is 11.4. The van der Waals surface area contributed by atoms with Gasteiger partial charge in [-0.25, -0.2) is 9.78 Å². The molecular weight excluding hydrogens is 418 g/mol. The van der Waals surface area contributed by atoms with Gasteiger partial charge in [0.15, 0.2) is 0 Å². The molecule has 2 aromatic rings. The van der Waals surface area contributed by atoms with Crippen LogP contribution in [0.3, 0.4) is 0 Å². The number of likely N-dealkylation sites (tertiary alicyclic amines) is 1. The minimum atomic E-state index is -0.539. The van der Waals surface area contributed by atoms with Crippen molar-refractivity contribution in [3.8, 4) is 17.2 Å². The molecule has 3 aliphatic heterocycles. The Balaban J connectivity index is 1.58. The van der Waals surface area contributed by atoms with E-state index >= 15 is 0 Å². The molecule has 3 atom stereocenters. The van der Waals surface area contributed by atoms with Crippen LogP contribution in [0.4, 0.5) is 10.5 Å². The highest BCUT2D eigenvalue weighted by molar-refractivity contribution is 5.78. The second-order valence-corrected chi connectivity index (χ2v) is 9.96. The zero-order valence-electron chi connectivity index (χ0n) is 19.2.